The average molecular weight is 294 g/mol. The van der Waals surface area contributed by atoms with Gasteiger partial charge in [0.05, 0.1) is 11.0 Å². The van der Waals surface area contributed by atoms with Crippen molar-refractivity contribution < 1.29 is 4.79 Å². The molecular weight excluding hydrogens is 283 g/mol. The second kappa shape index (κ2) is 5.27. The molecule has 0 aliphatic heterocycles. The Kier molecular flexibility index (Phi) is 4.28. The lowest BCUT2D eigenvalue weighted by molar-refractivity contribution is -0.126. The van der Waals surface area contributed by atoms with Gasteiger partial charge < -0.3 is 10.2 Å². The van der Waals surface area contributed by atoms with Crippen molar-refractivity contribution in [1.29, 1.82) is 0 Å². The highest BCUT2D eigenvalue weighted by molar-refractivity contribution is 9.10. The van der Waals surface area contributed by atoms with Crippen molar-refractivity contribution >= 4 is 39.3 Å². The van der Waals surface area contributed by atoms with Crippen LogP contribution in [0.5, 0.6) is 0 Å². The van der Waals surface area contributed by atoms with Gasteiger partial charge in [0.2, 0.25) is 11.2 Å². The zero-order valence-electron chi connectivity index (χ0n) is 8.29. The predicted molar refractivity (Wildman–Crippen MR) is 61.9 cm³/mol. The van der Waals surface area contributed by atoms with Gasteiger partial charge in [0.15, 0.2) is 0 Å². The molecule has 0 fully saturated rings. The number of amides is 1. The molecule has 1 rings (SSSR count). The molecule has 7 heteroatoms. The number of hydrogen-bond donors (Lipinski definition) is 1. The summed E-state index contributed by atoms with van der Waals surface area (Å²) < 4.78 is 0.665. The number of nitrogens with zero attached hydrogens (tertiary/aromatic N) is 3. The lowest BCUT2D eigenvalue weighted by atomic mass is 10.5. The summed E-state index contributed by atoms with van der Waals surface area (Å²) in [5.74, 6) is 0.460. The van der Waals surface area contributed by atoms with Crippen LogP contribution in [-0.2, 0) is 4.79 Å². The van der Waals surface area contributed by atoms with Crippen LogP contribution >= 0.6 is 27.5 Å². The number of nitrogens with one attached hydrogen (secondary N) is 1. The van der Waals surface area contributed by atoms with Crippen LogP contribution in [0.2, 0.25) is 5.28 Å². The molecule has 15 heavy (non-hydrogen) atoms. The Balaban J connectivity index is 2.65. The third-order valence-electron chi connectivity index (χ3n) is 1.62. The lowest BCUT2D eigenvalue weighted by Gasteiger charge is -2.11. The van der Waals surface area contributed by atoms with Crippen molar-refractivity contribution in [2.75, 3.05) is 26.0 Å². The van der Waals surface area contributed by atoms with E-state index in [-0.39, 0.29) is 17.7 Å². The van der Waals surface area contributed by atoms with E-state index in [0.717, 1.165) is 0 Å². The number of aromatic nitrogens is 2. The van der Waals surface area contributed by atoms with Gasteiger partial charge in [-0.2, -0.15) is 4.98 Å². The fourth-order valence-electron chi connectivity index (χ4n) is 0.787. The SMILES string of the molecule is CN(C)C(=O)CNc1nc(Cl)ncc1Br. The van der Waals surface area contributed by atoms with Crippen LogP contribution in [0.3, 0.4) is 0 Å². The maximum Gasteiger partial charge on any atom is 0.241 e. The monoisotopic (exact) mass is 292 g/mol. The first-order chi connectivity index (χ1) is 7.00. The van der Waals surface area contributed by atoms with Gasteiger partial charge in [-0.05, 0) is 27.5 Å². The van der Waals surface area contributed by atoms with Crippen LogP contribution in [0, 0.1) is 0 Å². The summed E-state index contributed by atoms with van der Waals surface area (Å²) >= 11 is 8.86. The molecule has 1 aromatic rings. The van der Waals surface area contributed by atoms with Gasteiger partial charge in [0, 0.05) is 20.3 Å². The van der Waals surface area contributed by atoms with Crippen molar-refractivity contribution in [3.8, 4) is 0 Å². The number of anilines is 1. The summed E-state index contributed by atoms with van der Waals surface area (Å²) in [6.07, 6.45) is 1.53. The zero-order valence-corrected chi connectivity index (χ0v) is 10.6. The van der Waals surface area contributed by atoms with Crippen LogP contribution in [0.1, 0.15) is 0 Å². The standard InChI is InChI=1S/C8H10BrClN4O/c1-14(2)6(15)4-11-7-5(9)3-12-8(10)13-7/h3H,4H2,1-2H3,(H,11,12,13). The summed E-state index contributed by atoms with van der Waals surface area (Å²) in [6.45, 7) is 0.166. The Morgan fingerprint density at radius 3 is 2.93 bits per heavy atom. The zero-order chi connectivity index (χ0) is 11.4. The number of carbonyl (C=O) groups excluding carboxylic acids is 1. The largest absolute Gasteiger partial charge is 0.360 e. The molecular formula is C8H10BrClN4O. The molecule has 0 saturated heterocycles. The van der Waals surface area contributed by atoms with E-state index in [4.69, 9.17) is 11.6 Å². The third kappa shape index (κ3) is 3.64. The van der Waals surface area contributed by atoms with E-state index in [1.807, 2.05) is 0 Å². The maximum atomic E-state index is 11.3. The molecule has 1 amide bonds. The van der Waals surface area contributed by atoms with E-state index in [1.165, 1.54) is 11.1 Å². The fourth-order valence-corrected chi connectivity index (χ4v) is 1.25. The van der Waals surface area contributed by atoms with E-state index in [1.54, 1.807) is 14.1 Å². The molecule has 0 saturated carbocycles. The molecule has 0 bridgehead atoms. The highest BCUT2D eigenvalue weighted by Gasteiger charge is 2.07. The second-order valence-electron chi connectivity index (χ2n) is 2.98. The smallest absolute Gasteiger partial charge is 0.241 e. The summed E-state index contributed by atoms with van der Waals surface area (Å²) in [4.78, 5) is 20.5. The van der Waals surface area contributed by atoms with Gasteiger partial charge >= 0.3 is 0 Å². The molecule has 1 N–H and O–H groups in total. The Bertz CT molecular complexity index is 372. The topological polar surface area (TPSA) is 58.1 Å². The normalized spacial score (nSPS) is 9.87. The maximum absolute atomic E-state index is 11.3. The Morgan fingerprint density at radius 1 is 1.67 bits per heavy atom. The first kappa shape index (κ1) is 12.2. The summed E-state index contributed by atoms with van der Waals surface area (Å²) in [6, 6.07) is 0. The molecule has 0 unspecified atom stereocenters. The van der Waals surface area contributed by atoms with Crippen molar-refractivity contribution in [3.63, 3.8) is 0 Å². The van der Waals surface area contributed by atoms with Gasteiger partial charge in [0.25, 0.3) is 0 Å². The quantitative estimate of drug-likeness (QED) is 0.856. The molecule has 5 nitrogen and oxygen atoms in total. The molecule has 0 spiro atoms. The fraction of sp³-hybridized carbons (Fsp3) is 0.375. The predicted octanol–water partition coefficient (Wildman–Crippen LogP) is 1.39. The Hall–Kier alpha value is -0.880. The number of likely N-dealkylation sites (N-methyl/N-ethyl adjacent to an activating group) is 1. The molecule has 1 aromatic heterocycles. The Labute approximate surface area is 101 Å². The van der Waals surface area contributed by atoms with Crippen molar-refractivity contribution in [3.05, 3.63) is 16.0 Å². The van der Waals surface area contributed by atoms with Crippen LogP contribution in [0.4, 0.5) is 5.82 Å². The van der Waals surface area contributed by atoms with Gasteiger partial charge in [-0.25, -0.2) is 4.98 Å². The molecule has 0 atom stereocenters. The summed E-state index contributed by atoms with van der Waals surface area (Å²) in [5.41, 5.74) is 0. The van der Waals surface area contributed by atoms with Gasteiger partial charge in [-0.1, -0.05) is 0 Å². The highest BCUT2D eigenvalue weighted by atomic mass is 79.9. The van der Waals surface area contributed by atoms with E-state index in [9.17, 15) is 4.79 Å². The number of hydrogen-bond acceptors (Lipinski definition) is 4. The number of halogens is 2. The number of rotatable bonds is 3. The minimum Gasteiger partial charge on any atom is -0.360 e. The average Bonchev–Trinajstić information content (AvgIpc) is 2.18. The van der Waals surface area contributed by atoms with Gasteiger partial charge in [0.1, 0.15) is 5.82 Å². The molecule has 0 aromatic carbocycles. The molecule has 0 radical (unpaired) electrons. The lowest BCUT2D eigenvalue weighted by Crippen LogP contribution is -2.28. The van der Waals surface area contributed by atoms with Crippen LogP contribution in [0.25, 0.3) is 0 Å². The molecule has 1 heterocycles. The third-order valence-corrected chi connectivity index (χ3v) is 2.38. The number of carbonyl (C=O) groups is 1. The highest BCUT2D eigenvalue weighted by Crippen LogP contribution is 2.19. The summed E-state index contributed by atoms with van der Waals surface area (Å²) in [5, 5.41) is 3.00. The second-order valence-corrected chi connectivity index (χ2v) is 4.17. The first-order valence-corrected chi connectivity index (χ1v) is 5.30. The summed E-state index contributed by atoms with van der Waals surface area (Å²) in [7, 11) is 3.37. The first-order valence-electron chi connectivity index (χ1n) is 4.12. The van der Waals surface area contributed by atoms with Crippen LogP contribution in [0.15, 0.2) is 10.7 Å². The van der Waals surface area contributed by atoms with Crippen LogP contribution < -0.4 is 5.32 Å². The van der Waals surface area contributed by atoms with Crippen molar-refractivity contribution in [1.82, 2.24) is 14.9 Å². The van der Waals surface area contributed by atoms with E-state index >= 15 is 0 Å². The van der Waals surface area contributed by atoms with Crippen molar-refractivity contribution in [2.45, 2.75) is 0 Å². The van der Waals surface area contributed by atoms with Gasteiger partial charge in [-0.15, -0.1) is 0 Å². The Morgan fingerprint density at radius 2 is 2.33 bits per heavy atom. The minimum atomic E-state index is -0.0448. The van der Waals surface area contributed by atoms with Crippen LogP contribution in [-0.4, -0.2) is 41.4 Å². The molecule has 0 aliphatic carbocycles. The van der Waals surface area contributed by atoms with E-state index in [0.29, 0.717) is 10.3 Å². The minimum absolute atomic E-state index is 0.0448. The molecule has 82 valence electrons. The van der Waals surface area contributed by atoms with Crippen molar-refractivity contribution in [2.24, 2.45) is 0 Å². The van der Waals surface area contributed by atoms with Gasteiger partial charge in [-0.3, -0.25) is 4.79 Å². The molecule has 0 aliphatic rings. The van der Waals surface area contributed by atoms with E-state index in [2.05, 4.69) is 31.2 Å². The van der Waals surface area contributed by atoms with E-state index < -0.39 is 0 Å².